The molecule has 2 aromatic carbocycles. The van der Waals surface area contributed by atoms with Gasteiger partial charge in [-0.3, -0.25) is 4.90 Å². The topological polar surface area (TPSA) is 49.8 Å². The summed E-state index contributed by atoms with van der Waals surface area (Å²) in [5, 5.41) is 9.16. The second kappa shape index (κ2) is 8.49. The third kappa shape index (κ3) is 4.93. The van der Waals surface area contributed by atoms with E-state index in [-0.39, 0.29) is 17.3 Å². The van der Waals surface area contributed by atoms with Crippen molar-refractivity contribution in [1.29, 1.82) is 0 Å². The van der Waals surface area contributed by atoms with Crippen molar-refractivity contribution >= 4 is 5.97 Å². The number of aromatic carboxylic acids is 1. The van der Waals surface area contributed by atoms with Crippen LogP contribution < -0.4 is 4.74 Å². The van der Waals surface area contributed by atoms with Crippen LogP contribution in [0.4, 0.5) is 8.78 Å². The first-order valence-corrected chi connectivity index (χ1v) is 10.2. The lowest BCUT2D eigenvalue weighted by Gasteiger charge is -2.32. The third-order valence-corrected chi connectivity index (χ3v) is 5.82. The van der Waals surface area contributed by atoms with Crippen molar-refractivity contribution < 1.29 is 23.4 Å². The maximum absolute atomic E-state index is 14.1. The van der Waals surface area contributed by atoms with E-state index >= 15 is 0 Å². The Morgan fingerprint density at radius 2 is 1.86 bits per heavy atom. The van der Waals surface area contributed by atoms with Gasteiger partial charge in [-0.25, -0.2) is 13.6 Å². The molecule has 2 fully saturated rings. The minimum Gasteiger partial charge on any atom is -0.493 e. The number of rotatable bonds is 7. The molecule has 0 bridgehead atoms. The Hall–Kier alpha value is -2.47. The molecule has 29 heavy (non-hydrogen) atoms. The summed E-state index contributed by atoms with van der Waals surface area (Å²) in [4.78, 5) is 13.5. The molecule has 154 valence electrons. The molecule has 1 heterocycles. The standard InChI is InChI=1S/C23H25F2NO3/c24-18-3-1-2-16(10-18)13-26-8-6-15(7-9-26)14-29-22-12-21(25)20(23(27)28)11-19(22)17-4-5-17/h1-3,10-12,15,17H,4-9,13-14H2,(H,27,28). The number of carboxylic acids is 1. The van der Waals surface area contributed by atoms with Gasteiger partial charge in [-0.05, 0) is 79.9 Å². The molecule has 6 heteroatoms. The second-order valence-corrected chi connectivity index (χ2v) is 8.11. The summed E-state index contributed by atoms with van der Waals surface area (Å²) in [6.07, 6.45) is 3.90. The SMILES string of the molecule is O=C(O)c1cc(C2CC2)c(OCC2CCN(Cc3cccc(F)c3)CC2)cc1F. The van der Waals surface area contributed by atoms with Gasteiger partial charge >= 0.3 is 5.97 Å². The van der Waals surface area contributed by atoms with E-state index in [1.165, 1.54) is 18.2 Å². The van der Waals surface area contributed by atoms with Gasteiger partial charge in [0, 0.05) is 12.6 Å². The highest BCUT2D eigenvalue weighted by atomic mass is 19.1. The fourth-order valence-corrected chi connectivity index (χ4v) is 3.99. The number of carboxylic acid groups (broad SMARTS) is 1. The molecule has 1 aliphatic heterocycles. The van der Waals surface area contributed by atoms with Crippen LogP contribution >= 0.6 is 0 Å². The molecule has 1 saturated carbocycles. The maximum atomic E-state index is 14.1. The van der Waals surface area contributed by atoms with Crippen LogP contribution in [0.25, 0.3) is 0 Å². The highest BCUT2D eigenvalue weighted by molar-refractivity contribution is 5.88. The molecule has 2 aromatic rings. The van der Waals surface area contributed by atoms with E-state index in [0.717, 1.165) is 56.4 Å². The van der Waals surface area contributed by atoms with Crippen LogP contribution in [-0.2, 0) is 6.54 Å². The third-order valence-electron chi connectivity index (χ3n) is 5.82. The summed E-state index contributed by atoms with van der Waals surface area (Å²) in [6.45, 7) is 3.05. The number of nitrogens with zero attached hydrogens (tertiary/aromatic N) is 1. The van der Waals surface area contributed by atoms with Crippen LogP contribution in [-0.4, -0.2) is 35.7 Å². The van der Waals surface area contributed by atoms with E-state index in [1.54, 1.807) is 12.1 Å². The lowest BCUT2D eigenvalue weighted by Crippen LogP contribution is -2.35. The summed E-state index contributed by atoms with van der Waals surface area (Å²) < 4.78 is 33.4. The molecular formula is C23H25F2NO3. The van der Waals surface area contributed by atoms with Gasteiger partial charge in [0.25, 0.3) is 0 Å². The van der Waals surface area contributed by atoms with E-state index in [4.69, 9.17) is 9.84 Å². The highest BCUT2D eigenvalue weighted by Gasteiger charge is 2.30. The maximum Gasteiger partial charge on any atom is 0.338 e. The Balaban J connectivity index is 1.32. The number of halogens is 2. The number of ether oxygens (including phenoxy) is 1. The van der Waals surface area contributed by atoms with Crippen molar-refractivity contribution in [2.45, 2.75) is 38.1 Å². The molecule has 2 aliphatic rings. The van der Waals surface area contributed by atoms with Crippen LogP contribution in [0, 0.1) is 17.6 Å². The van der Waals surface area contributed by atoms with Gasteiger partial charge in [-0.2, -0.15) is 0 Å². The van der Waals surface area contributed by atoms with Crippen LogP contribution in [0.15, 0.2) is 36.4 Å². The van der Waals surface area contributed by atoms with E-state index < -0.39 is 11.8 Å². The number of benzene rings is 2. The predicted molar refractivity (Wildman–Crippen MR) is 105 cm³/mol. The molecule has 0 atom stereocenters. The van der Waals surface area contributed by atoms with Gasteiger partial charge in [-0.15, -0.1) is 0 Å². The number of likely N-dealkylation sites (tertiary alicyclic amines) is 1. The van der Waals surface area contributed by atoms with Crippen LogP contribution in [0.2, 0.25) is 0 Å². The van der Waals surface area contributed by atoms with Crippen LogP contribution in [0.3, 0.4) is 0 Å². The normalized spacial score (nSPS) is 18.0. The Kier molecular flexibility index (Phi) is 5.81. The molecule has 0 unspecified atom stereocenters. The quantitative estimate of drug-likeness (QED) is 0.722. The van der Waals surface area contributed by atoms with Gasteiger partial charge < -0.3 is 9.84 Å². The van der Waals surface area contributed by atoms with Crippen LogP contribution in [0.5, 0.6) is 5.75 Å². The van der Waals surface area contributed by atoms with Gasteiger partial charge in [0.15, 0.2) is 0 Å². The molecule has 1 saturated heterocycles. The molecule has 1 N–H and O–H groups in total. The van der Waals surface area contributed by atoms with Gasteiger partial charge in [0.2, 0.25) is 0 Å². The second-order valence-electron chi connectivity index (χ2n) is 8.11. The van der Waals surface area contributed by atoms with Crippen molar-refractivity contribution in [1.82, 2.24) is 4.90 Å². The zero-order valence-corrected chi connectivity index (χ0v) is 16.2. The van der Waals surface area contributed by atoms with Crippen molar-refractivity contribution in [3.63, 3.8) is 0 Å². The van der Waals surface area contributed by atoms with Crippen molar-refractivity contribution in [2.75, 3.05) is 19.7 Å². The van der Waals surface area contributed by atoms with E-state index in [0.29, 0.717) is 18.3 Å². The molecular weight excluding hydrogens is 376 g/mol. The predicted octanol–water partition coefficient (Wildman–Crippen LogP) is 4.83. The molecule has 1 aliphatic carbocycles. The Morgan fingerprint density at radius 3 is 2.52 bits per heavy atom. The Morgan fingerprint density at radius 1 is 1.10 bits per heavy atom. The monoisotopic (exact) mass is 401 g/mol. The highest BCUT2D eigenvalue weighted by Crippen LogP contribution is 2.45. The number of carbonyl (C=O) groups is 1. The number of hydrogen-bond donors (Lipinski definition) is 1. The number of hydrogen-bond acceptors (Lipinski definition) is 3. The fraction of sp³-hybridized carbons (Fsp3) is 0.435. The largest absolute Gasteiger partial charge is 0.493 e. The molecule has 0 aromatic heterocycles. The average Bonchev–Trinajstić information content (AvgIpc) is 3.52. The molecule has 0 amide bonds. The van der Waals surface area contributed by atoms with Gasteiger partial charge in [0.05, 0.1) is 12.2 Å². The zero-order valence-electron chi connectivity index (χ0n) is 16.2. The minimum absolute atomic E-state index is 0.210. The first-order chi connectivity index (χ1) is 14.0. The van der Waals surface area contributed by atoms with Gasteiger partial charge in [-0.1, -0.05) is 12.1 Å². The number of piperidine rings is 1. The van der Waals surface area contributed by atoms with E-state index in [1.807, 2.05) is 6.07 Å². The molecule has 0 spiro atoms. The summed E-state index contributed by atoms with van der Waals surface area (Å²) >= 11 is 0. The van der Waals surface area contributed by atoms with Crippen molar-refractivity contribution in [3.05, 3.63) is 64.7 Å². The summed E-state index contributed by atoms with van der Waals surface area (Å²) in [5.74, 6) is -1.08. The van der Waals surface area contributed by atoms with E-state index in [2.05, 4.69) is 4.90 Å². The van der Waals surface area contributed by atoms with Crippen molar-refractivity contribution in [2.24, 2.45) is 5.92 Å². The zero-order chi connectivity index (χ0) is 20.4. The first-order valence-electron chi connectivity index (χ1n) is 10.2. The van der Waals surface area contributed by atoms with E-state index in [9.17, 15) is 13.6 Å². The minimum atomic E-state index is -1.25. The average molecular weight is 401 g/mol. The smallest absolute Gasteiger partial charge is 0.338 e. The fourth-order valence-electron chi connectivity index (χ4n) is 3.99. The molecule has 4 rings (SSSR count). The lowest BCUT2D eigenvalue weighted by atomic mass is 9.97. The Labute approximate surface area is 169 Å². The van der Waals surface area contributed by atoms with Crippen LogP contribution in [0.1, 0.15) is 53.1 Å². The summed E-state index contributed by atoms with van der Waals surface area (Å²) in [6, 6.07) is 9.37. The lowest BCUT2D eigenvalue weighted by molar-refractivity contribution is 0.0691. The summed E-state index contributed by atoms with van der Waals surface area (Å²) in [7, 11) is 0. The first kappa shape index (κ1) is 19.8. The molecule has 0 radical (unpaired) electrons. The van der Waals surface area contributed by atoms with Gasteiger partial charge in [0.1, 0.15) is 17.4 Å². The Bertz CT molecular complexity index is 890. The molecule has 4 nitrogen and oxygen atoms in total. The summed E-state index contributed by atoms with van der Waals surface area (Å²) in [5.41, 5.74) is 1.50. The van der Waals surface area contributed by atoms with Crippen molar-refractivity contribution in [3.8, 4) is 5.75 Å².